The van der Waals surface area contributed by atoms with Crippen molar-refractivity contribution in [1.82, 2.24) is 0 Å². The third-order valence-corrected chi connectivity index (χ3v) is 4.22. The highest BCUT2D eigenvalue weighted by Gasteiger charge is 2.47. The van der Waals surface area contributed by atoms with Crippen LogP contribution in [0.4, 0.5) is 0 Å². The number of hydrogen-bond donors (Lipinski definition) is 1. The Bertz CT molecular complexity index is 497. The van der Waals surface area contributed by atoms with Crippen LogP contribution in [0.15, 0.2) is 22.7 Å². The van der Waals surface area contributed by atoms with Crippen LogP contribution in [0.3, 0.4) is 0 Å². The minimum absolute atomic E-state index is 0.0179. The Hall–Kier alpha value is -0.580. The first kappa shape index (κ1) is 15.8. The molecule has 0 spiro atoms. The predicted molar refractivity (Wildman–Crippen MR) is 85.0 cm³/mol. The molecule has 0 radical (unpaired) electrons. The van der Waals surface area contributed by atoms with Gasteiger partial charge in [-0.3, -0.25) is 0 Å². The van der Waals surface area contributed by atoms with Gasteiger partial charge in [-0.05, 0) is 46.8 Å². The van der Waals surface area contributed by atoms with E-state index in [2.05, 4.69) is 43.6 Å². The molecule has 4 heteroatoms. The number of nitrogens with two attached hydrogens (primary N) is 1. The first-order valence-electron chi connectivity index (χ1n) is 7.02. The van der Waals surface area contributed by atoms with Crippen molar-refractivity contribution in [3.63, 3.8) is 0 Å². The fourth-order valence-corrected chi connectivity index (χ4v) is 3.18. The molecule has 1 aliphatic rings. The Morgan fingerprint density at radius 1 is 1.35 bits per heavy atom. The average Bonchev–Trinajstić information content (AvgIpc) is 2.46. The standard InChI is InChI=1S/C16H24BrNO2/c1-10(18)12-7-6-11(17)8-13(12)19-14-9-15(2,3)20-16(14,4)5/h6-8,10,14H,9,18H2,1-5H3. The summed E-state index contributed by atoms with van der Waals surface area (Å²) in [6, 6.07) is 5.93. The van der Waals surface area contributed by atoms with Crippen molar-refractivity contribution in [2.75, 3.05) is 0 Å². The number of rotatable bonds is 3. The summed E-state index contributed by atoms with van der Waals surface area (Å²) in [5.74, 6) is 0.841. The largest absolute Gasteiger partial charge is 0.487 e. The van der Waals surface area contributed by atoms with Gasteiger partial charge >= 0.3 is 0 Å². The third-order valence-electron chi connectivity index (χ3n) is 3.73. The van der Waals surface area contributed by atoms with Crippen molar-refractivity contribution >= 4 is 15.9 Å². The summed E-state index contributed by atoms with van der Waals surface area (Å²) in [5, 5.41) is 0. The summed E-state index contributed by atoms with van der Waals surface area (Å²) < 4.78 is 13.3. The number of benzene rings is 1. The minimum atomic E-state index is -0.305. The average molecular weight is 342 g/mol. The first-order valence-corrected chi connectivity index (χ1v) is 7.82. The van der Waals surface area contributed by atoms with Crippen LogP contribution in [-0.2, 0) is 4.74 Å². The molecule has 2 unspecified atom stereocenters. The third kappa shape index (κ3) is 3.35. The Morgan fingerprint density at radius 2 is 2.00 bits per heavy atom. The second-order valence-electron chi connectivity index (χ2n) is 6.75. The molecule has 20 heavy (non-hydrogen) atoms. The molecule has 112 valence electrons. The molecule has 1 heterocycles. The highest BCUT2D eigenvalue weighted by atomic mass is 79.9. The van der Waals surface area contributed by atoms with E-state index in [0.29, 0.717) is 0 Å². The second kappa shape index (κ2) is 5.32. The summed E-state index contributed by atoms with van der Waals surface area (Å²) in [6.45, 7) is 10.3. The molecule has 0 aliphatic carbocycles. The van der Waals surface area contributed by atoms with Crippen LogP contribution < -0.4 is 10.5 Å². The molecule has 2 rings (SSSR count). The molecule has 1 aromatic carbocycles. The van der Waals surface area contributed by atoms with Gasteiger partial charge in [-0.2, -0.15) is 0 Å². The van der Waals surface area contributed by atoms with E-state index in [4.69, 9.17) is 15.2 Å². The molecule has 0 aromatic heterocycles. The van der Waals surface area contributed by atoms with E-state index in [1.54, 1.807) is 0 Å². The maximum Gasteiger partial charge on any atom is 0.130 e. The highest BCUT2D eigenvalue weighted by Crippen LogP contribution is 2.41. The molecule has 1 saturated heterocycles. The normalized spacial score (nSPS) is 25.4. The Morgan fingerprint density at radius 3 is 2.50 bits per heavy atom. The van der Waals surface area contributed by atoms with E-state index in [1.165, 1.54) is 0 Å². The van der Waals surface area contributed by atoms with Gasteiger partial charge in [0.05, 0.1) is 5.60 Å². The summed E-state index contributed by atoms with van der Waals surface area (Å²) in [7, 11) is 0. The molecule has 0 bridgehead atoms. The smallest absolute Gasteiger partial charge is 0.130 e. The summed E-state index contributed by atoms with van der Waals surface area (Å²) >= 11 is 3.49. The van der Waals surface area contributed by atoms with Crippen LogP contribution in [-0.4, -0.2) is 17.3 Å². The van der Waals surface area contributed by atoms with Gasteiger partial charge < -0.3 is 15.2 Å². The van der Waals surface area contributed by atoms with Crippen molar-refractivity contribution in [2.24, 2.45) is 5.73 Å². The molecular weight excluding hydrogens is 318 g/mol. The van der Waals surface area contributed by atoms with Gasteiger partial charge in [-0.15, -0.1) is 0 Å². The second-order valence-corrected chi connectivity index (χ2v) is 7.66. The summed E-state index contributed by atoms with van der Waals surface area (Å²) in [5.41, 5.74) is 6.59. The van der Waals surface area contributed by atoms with E-state index < -0.39 is 0 Å². The van der Waals surface area contributed by atoms with E-state index >= 15 is 0 Å². The molecule has 1 fully saturated rings. The van der Waals surface area contributed by atoms with Crippen LogP contribution in [0, 0.1) is 0 Å². The van der Waals surface area contributed by atoms with Gasteiger partial charge in [0, 0.05) is 22.5 Å². The lowest BCUT2D eigenvalue weighted by Gasteiger charge is -2.28. The molecule has 0 saturated carbocycles. The maximum absolute atomic E-state index is 6.26. The highest BCUT2D eigenvalue weighted by molar-refractivity contribution is 9.10. The summed E-state index contributed by atoms with van der Waals surface area (Å²) in [6.07, 6.45) is 0.884. The summed E-state index contributed by atoms with van der Waals surface area (Å²) in [4.78, 5) is 0. The van der Waals surface area contributed by atoms with Gasteiger partial charge in [-0.1, -0.05) is 22.0 Å². The van der Waals surface area contributed by atoms with Crippen LogP contribution in [0.5, 0.6) is 5.75 Å². The molecule has 1 aromatic rings. The molecule has 2 N–H and O–H groups in total. The van der Waals surface area contributed by atoms with Gasteiger partial charge in [-0.25, -0.2) is 0 Å². The quantitative estimate of drug-likeness (QED) is 0.896. The lowest BCUT2D eigenvalue weighted by Crippen LogP contribution is -2.37. The van der Waals surface area contributed by atoms with Crippen molar-refractivity contribution < 1.29 is 9.47 Å². The zero-order valence-corrected chi connectivity index (χ0v) is 14.5. The lowest BCUT2D eigenvalue weighted by atomic mass is 9.97. The van der Waals surface area contributed by atoms with Crippen LogP contribution in [0.1, 0.15) is 52.6 Å². The van der Waals surface area contributed by atoms with E-state index in [9.17, 15) is 0 Å². The monoisotopic (exact) mass is 341 g/mol. The topological polar surface area (TPSA) is 44.5 Å². The number of halogens is 1. The predicted octanol–water partition coefficient (Wildman–Crippen LogP) is 4.19. The van der Waals surface area contributed by atoms with Gasteiger partial charge in [0.15, 0.2) is 0 Å². The van der Waals surface area contributed by atoms with Crippen molar-refractivity contribution in [2.45, 2.75) is 64.4 Å². The lowest BCUT2D eigenvalue weighted by molar-refractivity contribution is -0.0847. The molecule has 3 nitrogen and oxygen atoms in total. The fourth-order valence-electron chi connectivity index (χ4n) is 2.84. The van der Waals surface area contributed by atoms with Gasteiger partial charge in [0.25, 0.3) is 0 Å². The minimum Gasteiger partial charge on any atom is -0.487 e. The van der Waals surface area contributed by atoms with Crippen molar-refractivity contribution in [3.8, 4) is 5.75 Å². The van der Waals surface area contributed by atoms with Crippen molar-refractivity contribution in [3.05, 3.63) is 28.2 Å². The van der Waals surface area contributed by atoms with E-state index in [-0.39, 0.29) is 23.3 Å². The first-order chi connectivity index (χ1) is 9.11. The van der Waals surface area contributed by atoms with Crippen LogP contribution in [0.2, 0.25) is 0 Å². The van der Waals surface area contributed by atoms with Crippen LogP contribution in [0.25, 0.3) is 0 Å². The number of ether oxygens (including phenoxy) is 2. The van der Waals surface area contributed by atoms with Gasteiger partial charge in [0.1, 0.15) is 17.5 Å². The Labute approximate surface area is 130 Å². The number of hydrogen-bond acceptors (Lipinski definition) is 3. The zero-order valence-electron chi connectivity index (χ0n) is 12.9. The van der Waals surface area contributed by atoms with Gasteiger partial charge in [0.2, 0.25) is 0 Å². The fraction of sp³-hybridized carbons (Fsp3) is 0.625. The Balaban J connectivity index is 2.28. The molecule has 0 amide bonds. The van der Waals surface area contributed by atoms with Crippen LogP contribution >= 0.6 is 15.9 Å². The zero-order chi connectivity index (χ0) is 15.1. The Kier molecular flexibility index (Phi) is 4.20. The maximum atomic E-state index is 6.26. The molecule has 1 aliphatic heterocycles. The van der Waals surface area contributed by atoms with E-state index in [1.807, 2.05) is 25.1 Å². The molecule has 2 atom stereocenters. The molecular formula is C16H24BrNO2. The SMILES string of the molecule is CC(N)c1ccc(Br)cc1OC1CC(C)(C)OC1(C)C. The van der Waals surface area contributed by atoms with Crippen molar-refractivity contribution in [1.29, 1.82) is 0 Å². The van der Waals surface area contributed by atoms with E-state index in [0.717, 1.165) is 22.2 Å².